The van der Waals surface area contributed by atoms with Gasteiger partial charge in [0, 0.05) is 12.4 Å². The largest absolute Gasteiger partial charge is 0.245 e. The summed E-state index contributed by atoms with van der Waals surface area (Å²) in [5.41, 5.74) is 2.04. The van der Waals surface area contributed by atoms with Crippen molar-refractivity contribution in [2.24, 2.45) is 0 Å². The van der Waals surface area contributed by atoms with Gasteiger partial charge in [0.15, 0.2) is 0 Å². The molecule has 2 aromatic rings. The molecule has 0 unspecified atom stereocenters. The van der Waals surface area contributed by atoms with Crippen LogP contribution in [0.3, 0.4) is 0 Å². The van der Waals surface area contributed by atoms with Crippen LogP contribution in [0.25, 0.3) is 0 Å². The number of hydrogen-bond acceptors (Lipinski definition) is 2. The maximum atomic E-state index is 12.1. The normalized spacial score (nSPS) is 8.00. The highest BCUT2D eigenvalue weighted by Crippen LogP contribution is 2.04. The molecule has 0 aliphatic carbocycles. The molecule has 0 aliphatic heterocycles. The first-order valence-electron chi connectivity index (χ1n) is 6.74. The Labute approximate surface area is 127 Å². The molecule has 0 spiro atoms. The molecule has 2 aromatic heterocycles. The first kappa shape index (κ1) is 20.8. The highest BCUT2D eigenvalue weighted by atomic mass is 35.5. The molecule has 2 nitrogen and oxygen atoms in total. The standard InChI is InChI=1S/C6H6ClN.C6H6FN.2C2H6/c2*1-5-2-3-8-6(7)4-5;2*1-2/h2*2-4H,1H3;2*1-2H3. The lowest BCUT2D eigenvalue weighted by Gasteiger charge is -1.88. The quantitative estimate of drug-likeness (QED) is 0.589. The molecule has 0 bridgehead atoms. The maximum absolute atomic E-state index is 12.1. The molecule has 4 heteroatoms. The van der Waals surface area contributed by atoms with Crippen LogP contribution in [0.4, 0.5) is 4.39 Å². The topological polar surface area (TPSA) is 25.8 Å². The van der Waals surface area contributed by atoms with Gasteiger partial charge in [-0.25, -0.2) is 9.97 Å². The molecule has 112 valence electrons. The Kier molecular flexibility index (Phi) is 14.5. The molecule has 0 aromatic carbocycles. The molecule has 0 saturated carbocycles. The Bertz CT molecular complexity index is 384. The van der Waals surface area contributed by atoms with Gasteiger partial charge < -0.3 is 0 Å². The average molecular weight is 299 g/mol. The zero-order valence-electron chi connectivity index (χ0n) is 13.1. The molecule has 0 N–H and O–H groups in total. The Morgan fingerprint density at radius 3 is 1.55 bits per heavy atom. The van der Waals surface area contributed by atoms with Gasteiger partial charge in [-0.3, -0.25) is 0 Å². The van der Waals surface area contributed by atoms with E-state index in [9.17, 15) is 4.39 Å². The Hall–Kier alpha value is -1.48. The number of pyridine rings is 2. The predicted molar refractivity (Wildman–Crippen MR) is 85.6 cm³/mol. The van der Waals surface area contributed by atoms with Crippen LogP contribution in [0.2, 0.25) is 5.15 Å². The summed E-state index contributed by atoms with van der Waals surface area (Å²) in [7, 11) is 0. The molecule has 2 rings (SSSR count). The molecule has 0 fully saturated rings. The molecule has 0 amide bonds. The average Bonchev–Trinajstić information content (AvgIpc) is 2.43. The molecular weight excluding hydrogens is 275 g/mol. The number of aromatic nitrogens is 2. The molecule has 20 heavy (non-hydrogen) atoms. The van der Waals surface area contributed by atoms with E-state index in [0.717, 1.165) is 11.1 Å². The van der Waals surface area contributed by atoms with Crippen LogP contribution in [-0.4, -0.2) is 9.97 Å². The van der Waals surface area contributed by atoms with Gasteiger partial charge >= 0.3 is 0 Å². The van der Waals surface area contributed by atoms with Gasteiger partial charge in [-0.15, -0.1) is 0 Å². The van der Waals surface area contributed by atoms with Crippen molar-refractivity contribution in [2.45, 2.75) is 41.5 Å². The van der Waals surface area contributed by atoms with Crippen LogP contribution in [0.1, 0.15) is 38.8 Å². The third-order valence-electron chi connectivity index (χ3n) is 1.76. The minimum Gasteiger partial charge on any atom is -0.245 e. The van der Waals surface area contributed by atoms with Crippen LogP contribution in [0.15, 0.2) is 36.7 Å². The number of rotatable bonds is 0. The van der Waals surface area contributed by atoms with Crippen LogP contribution in [0.5, 0.6) is 0 Å². The fourth-order valence-electron chi connectivity index (χ4n) is 0.999. The van der Waals surface area contributed by atoms with Gasteiger partial charge in [0.05, 0.1) is 0 Å². The second-order valence-electron chi connectivity index (χ2n) is 3.31. The van der Waals surface area contributed by atoms with Crippen molar-refractivity contribution in [1.29, 1.82) is 0 Å². The van der Waals surface area contributed by atoms with E-state index >= 15 is 0 Å². The third kappa shape index (κ3) is 11.6. The maximum Gasteiger partial charge on any atom is 0.213 e. The Balaban J connectivity index is 0. The number of hydrogen-bond donors (Lipinski definition) is 0. The molecule has 0 aliphatic rings. The van der Waals surface area contributed by atoms with E-state index in [1.807, 2.05) is 53.7 Å². The van der Waals surface area contributed by atoms with Crippen molar-refractivity contribution in [3.8, 4) is 0 Å². The molecule has 0 atom stereocenters. The summed E-state index contributed by atoms with van der Waals surface area (Å²) in [6.45, 7) is 11.8. The van der Waals surface area contributed by atoms with E-state index in [0.29, 0.717) is 5.15 Å². The minimum atomic E-state index is -0.412. The summed E-state index contributed by atoms with van der Waals surface area (Å²) in [4.78, 5) is 7.18. The van der Waals surface area contributed by atoms with Crippen molar-refractivity contribution in [3.05, 3.63) is 58.9 Å². The number of nitrogens with zero attached hydrogens (tertiary/aromatic N) is 2. The summed E-state index contributed by atoms with van der Waals surface area (Å²) in [5.74, 6) is -0.412. The van der Waals surface area contributed by atoms with Crippen LogP contribution in [0, 0.1) is 19.8 Å². The van der Waals surface area contributed by atoms with Crippen LogP contribution < -0.4 is 0 Å². The minimum absolute atomic E-state index is 0.412. The lowest BCUT2D eigenvalue weighted by molar-refractivity contribution is 0.582. The SMILES string of the molecule is CC.CC.Cc1ccnc(Cl)c1.Cc1ccnc(F)c1. The molecule has 2 heterocycles. The Morgan fingerprint density at radius 1 is 0.850 bits per heavy atom. The predicted octanol–water partition coefficient (Wildman–Crippen LogP) is 5.62. The van der Waals surface area contributed by atoms with E-state index in [2.05, 4.69) is 9.97 Å². The van der Waals surface area contributed by atoms with Gasteiger partial charge in [-0.2, -0.15) is 4.39 Å². The van der Waals surface area contributed by atoms with E-state index in [1.54, 1.807) is 12.3 Å². The smallest absolute Gasteiger partial charge is 0.213 e. The van der Waals surface area contributed by atoms with Crippen molar-refractivity contribution < 1.29 is 4.39 Å². The van der Waals surface area contributed by atoms with Gasteiger partial charge in [-0.05, 0) is 49.2 Å². The Morgan fingerprint density at radius 2 is 1.30 bits per heavy atom. The molecular formula is C16H24ClFN2. The zero-order valence-corrected chi connectivity index (χ0v) is 13.9. The van der Waals surface area contributed by atoms with E-state index in [4.69, 9.17) is 11.6 Å². The summed E-state index contributed by atoms with van der Waals surface area (Å²) < 4.78 is 12.1. The number of halogens is 2. The molecule has 0 radical (unpaired) electrons. The lowest BCUT2D eigenvalue weighted by atomic mass is 10.3. The second-order valence-corrected chi connectivity index (χ2v) is 3.70. The highest BCUT2D eigenvalue weighted by molar-refractivity contribution is 6.29. The lowest BCUT2D eigenvalue weighted by Crippen LogP contribution is -1.79. The first-order chi connectivity index (χ1) is 9.58. The van der Waals surface area contributed by atoms with Gasteiger partial charge in [-0.1, -0.05) is 39.3 Å². The molecule has 0 saturated heterocycles. The monoisotopic (exact) mass is 298 g/mol. The van der Waals surface area contributed by atoms with Gasteiger partial charge in [0.2, 0.25) is 5.95 Å². The summed E-state index contributed by atoms with van der Waals surface area (Å²) in [6.07, 6.45) is 3.14. The van der Waals surface area contributed by atoms with E-state index in [-0.39, 0.29) is 0 Å². The van der Waals surface area contributed by atoms with Gasteiger partial charge in [0.1, 0.15) is 5.15 Å². The van der Waals surface area contributed by atoms with Crippen molar-refractivity contribution in [2.75, 3.05) is 0 Å². The second kappa shape index (κ2) is 13.9. The van der Waals surface area contributed by atoms with Crippen molar-refractivity contribution in [1.82, 2.24) is 9.97 Å². The third-order valence-corrected chi connectivity index (χ3v) is 1.97. The fourth-order valence-corrected chi connectivity index (χ4v) is 1.23. The van der Waals surface area contributed by atoms with Gasteiger partial charge in [0.25, 0.3) is 0 Å². The zero-order chi connectivity index (χ0) is 16.0. The van der Waals surface area contributed by atoms with Crippen LogP contribution >= 0.6 is 11.6 Å². The summed E-state index contributed by atoms with van der Waals surface area (Å²) >= 11 is 5.53. The van der Waals surface area contributed by atoms with E-state index in [1.165, 1.54) is 12.3 Å². The first-order valence-corrected chi connectivity index (χ1v) is 7.12. The number of aryl methyl sites for hydroxylation is 2. The summed E-state index contributed by atoms with van der Waals surface area (Å²) in [5, 5.41) is 0.560. The van der Waals surface area contributed by atoms with E-state index < -0.39 is 5.95 Å². The highest BCUT2D eigenvalue weighted by Gasteiger charge is 1.86. The van der Waals surface area contributed by atoms with Crippen LogP contribution in [-0.2, 0) is 0 Å². The van der Waals surface area contributed by atoms with Crippen molar-refractivity contribution in [3.63, 3.8) is 0 Å². The summed E-state index contributed by atoms with van der Waals surface area (Å²) in [6, 6.07) is 6.87. The fraction of sp³-hybridized carbons (Fsp3) is 0.375. The van der Waals surface area contributed by atoms with Crippen molar-refractivity contribution >= 4 is 11.6 Å².